The van der Waals surface area contributed by atoms with Crippen molar-refractivity contribution in [2.24, 2.45) is 10.1 Å². The Balaban J connectivity index is 1.82. The van der Waals surface area contributed by atoms with Crippen LogP contribution in [0.4, 0.5) is 5.69 Å². The monoisotopic (exact) mass is 426 g/mol. The van der Waals surface area contributed by atoms with Gasteiger partial charge in [-0.05, 0) is 49.7 Å². The van der Waals surface area contributed by atoms with E-state index < -0.39 is 0 Å². The Kier molecular flexibility index (Phi) is 5.51. The van der Waals surface area contributed by atoms with Gasteiger partial charge in [0.2, 0.25) is 4.80 Å². The summed E-state index contributed by atoms with van der Waals surface area (Å²) in [6, 6.07) is 13.3. The topological polar surface area (TPSA) is 68.0 Å². The number of thiazole rings is 1. The van der Waals surface area contributed by atoms with Gasteiger partial charge < -0.3 is 10.1 Å². The summed E-state index contributed by atoms with van der Waals surface area (Å²) < 4.78 is 7.29. The van der Waals surface area contributed by atoms with Gasteiger partial charge in [-0.2, -0.15) is 5.10 Å². The van der Waals surface area contributed by atoms with Gasteiger partial charge in [-0.3, -0.25) is 9.79 Å². The van der Waals surface area contributed by atoms with Crippen molar-refractivity contribution in [3.63, 3.8) is 0 Å². The molecule has 0 saturated carbocycles. The zero-order valence-electron chi connectivity index (χ0n) is 16.0. The molecule has 0 unspecified atom stereocenters. The van der Waals surface area contributed by atoms with E-state index in [0.29, 0.717) is 23.0 Å². The summed E-state index contributed by atoms with van der Waals surface area (Å²) in [5.41, 5.74) is 4.20. The minimum Gasteiger partial charge on any atom is -0.482 e. The molecule has 0 aliphatic carbocycles. The molecule has 0 bridgehead atoms. The van der Waals surface area contributed by atoms with Crippen LogP contribution in [0, 0.1) is 0 Å². The van der Waals surface area contributed by atoms with E-state index in [9.17, 15) is 4.79 Å². The Morgan fingerprint density at radius 3 is 2.97 bits per heavy atom. The van der Waals surface area contributed by atoms with Crippen LogP contribution in [0.3, 0.4) is 0 Å². The zero-order chi connectivity index (χ0) is 20.4. The predicted octanol–water partition coefficient (Wildman–Crippen LogP) is 4.39. The van der Waals surface area contributed by atoms with Gasteiger partial charge in [-0.15, -0.1) is 11.3 Å². The fourth-order valence-corrected chi connectivity index (χ4v) is 4.09. The van der Waals surface area contributed by atoms with Crippen molar-refractivity contribution >= 4 is 40.2 Å². The summed E-state index contributed by atoms with van der Waals surface area (Å²) in [5, 5.41) is 10.3. The molecule has 0 fully saturated rings. The van der Waals surface area contributed by atoms with E-state index in [1.165, 1.54) is 11.3 Å². The van der Waals surface area contributed by atoms with Crippen LogP contribution >= 0.6 is 22.9 Å². The van der Waals surface area contributed by atoms with E-state index in [4.69, 9.17) is 21.4 Å². The average molecular weight is 427 g/mol. The first kappa shape index (κ1) is 19.4. The van der Waals surface area contributed by atoms with E-state index in [0.717, 1.165) is 27.3 Å². The molecule has 1 aliphatic heterocycles. The highest BCUT2D eigenvalue weighted by atomic mass is 35.5. The molecule has 3 aromatic rings. The lowest BCUT2D eigenvalue weighted by Crippen LogP contribution is -2.25. The quantitative estimate of drug-likeness (QED) is 0.628. The third-order valence-electron chi connectivity index (χ3n) is 4.38. The van der Waals surface area contributed by atoms with Crippen molar-refractivity contribution in [3.8, 4) is 17.0 Å². The van der Waals surface area contributed by atoms with Gasteiger partial charge >= 0.3 is 0 Å². The smallest absolute Gasteiger partial charge is 0.262 e. The Morgan fingerprint density at radius 2 is 2.17 bits per heavy atom. The Labute approximate surface area is 177 Å². The maximum Gasteiger partial charge on any atom is 0.262 e. The lowest BCUT2D eigenvalue weighted by molar-refractivity contribution is -0.118. The first-order chi connectivity index (χ1) is 14.0. The number of aromatic nitrogens is 1. The van der Waals surface area contributed by atoms with Crippen molar-refractivity contribution in [1.29, 1.82) is 0 Å². The molecule has 1 aromatic heterocycles. The van der Waals surface area contributed by atoms with E-state index in [2.05, 4.69) is 10.3 Å². The van der Waals surface area contributed by atoms with Gasteiger partial charge in [0.1, 0.15) is 5.75 Å². The number of fused-ring (bicyclic) bond motifs is 1. The normalized spacial score (nSPS) is 14.4. The van der Waals surface area contributed by atoms with Crippen LogP contribution in [0.25, 0.3) is 11.3 Å². The second-order valence-corrected chi connectivity index (χ2v) is 7.71. The number of hydrogen-bond donors (Lipinski definition) is 1. The van der Waals surface area contributed by atoms with E-state index >= 15 is 0 Å². The number of amides is 1. The first-order valence-electron chi connectivity index (χ1n) is 9.15. The van der Waals surface area contributed by atoms with Crippen LogP contribution in [0.15, 0.2) is 57.9 Å². The van der Waals surface area contributed by atoms with Gasteiger partial charge in [0.25, 0.3) is 5.91 Å². The SMILES string of the molecule is CCN=c1scc(-c2ccc3c(c2)NC(=O)CO3)n1N=C(C)c1cccc(Cl)c1. The number of halogens is 1. The second-order valence-electron chi connectivity index (χ2n) is 6.43. The molecular weight excluding hydrogens is 408 g/mol. The van der Waals surface area contributed by atoms with Crippen molar-refractivity contribution in [2.45, 2.75) is 13.8 Å². The maximum absolute atomic E-state index is 11.7. The minimum absolute atomic E-state index is 0.0352. The summed E-state index contributed by atoms with van der Waals surface area (Å²) in [6.45, 7) is 4.62. The number of nitrogens with one attached hydrogen (secondary N) is 1. The molecule has 0 saturated heterocycles. The highest BCUT2D eigenvalue weighted by molar-refractivity contribution is 7.07. The number of ether oxygens (including phenoxy) is 1. The van der Waals surface area contributed by atoms with Gasteiger partial charge in [0.05, 0.1) is 17.1 Å². The van der Waals surface area contributed by atoms with Crippen LogP contribution < -0.4 is 14.9 Å². The summed E-state index contributed by atoms with van der Waals surface area (Å²) >= 11 is 7.65. The molecule has 0 atom stereocenters. The maximum atomic E-state index is 11.7. The number of rotatable bonds is 4. The molecule has 1 N–H and O–H groups in total. The van der Waals surface area contributed by atoms with Gasteiger partial charge in [-0.25, -0.2) is 4.68 Å². The Bertz CT molecular complexity index is 1180. The number of hydrogen-bond acceptors (Lipinski definition) is 5. The number of carbonyl (C=O) groups excluding carboxylic acids is 1. The average Bonchev–Trinajstić information content (AvgIpc) is 3.10. The van der Waals surface area contributed by atoms with Gasteiger partial charge in [0, 0.05) is 22.5 Å². The molecule has 0 radical (unpaired) electrons. The predicted molar refractivity (Wildman–Crippen MR) is 117 cm³/mol. The largest absolute Gasteiger partial charge is 0.482 e. The number of nitrogens with zero attached hydrogens (tertiary/aromatic N) is 3. The van der Waals surface area contributed by atoms with Crippen LogP contribution in [0.5, 0.6) is 5.75 Å². The molecular formula is C21H19ClN4O2S. The molecule has 8 heteroatoms. The molecule has 6 nitrogen and oxygen atoms in total. The summed E-state index contributed by atoms with van der Waals surface area (Å²) in [7, 11) is 0. The first-order valence-corrected chi connectivity index (χ1v) is 10.4. The molecule has 2 heterocycles. The lowest BCUT2D eigenvalue weighted by atomic mass is 10.1. The van der Waals surface area contributed by atoms with Crippen molar-refractivity contribution in [3.05, 3.63) is 63.2 Å². The standard InChI is InChI=1S/C21H19ClN4O2S/c1-3-23-21-26(25-13(2)14-5-4-6-16(22)9-14)18(12-29-21)15-7-8-19-17(10-15)24-20(27)11-28-19/h4-10,12H,3,11H2,1-2H3,(H,24,27). The van der Waals surface area contributed by atoms with Gasteiger partial charge in [0.15, 0.2) is 6.61 Å². The number of anilines is 1. The summed E-state index contributed by atoms with van der Waals surface area (Å²) in [6.07, 6.45) is 0. The van der Waals surface area contributed by atoms with Crippen LogP contribution in [-0.2, 0) is 4.79 Å². The van der Waals surface area contributed by atoms with Crippen LogP contribution in [0.2, 0.25) is 5.02 Å². The fourth-order valence-electron chi connectivity index (χ4n) is 3.00. The van der Waals surface area contributed by atoms with E-state index in [1.807, 2.05) is 66.4 Å². The van der Waals surface area contributed by atoms with Crippen LogP contribution in [0.1, 0.15) is 19.4 Å². The zero-order valence-corrected chi connectivity index (χ0v) is 17.5. The molecule has 0 spiro atoms. The fraction of sp³-hybridized carbons (Fsp3) is 0.190. The third kappa shape index (κ3) is 4.11. The minimum atomic E-state index is -0.163. The van der Waals surface area contributed by atoms with Crippen molar-refractivity contribution in [1.82, 2.24) is 4.68 Å². The third-order valence-corrected chi connectivity index (χ3v) is 5.47. The highest BCUT2D eigenvalue weighted by Crippen LogP contribution is 2.33. The Morgan fingerprint density at radius 1 is 1.31 bits per heavy atom. The molecule has 1 aliphatic rings. The highest BCUT2D eigenvalue weighted by Gasteiger charge is 2.18. The van der Waals surface area contributed by atoms with Crippen LogP contribution in [-0.4, -0.2) is 29.4 Å². The molecule has 4 rings (SSSR count). The molecule has 1 amide bonds. The number of carbonyl (C=O) groups is 1. The van der Waals surface area contributed by atoms with E-state index in [-0.39, 0.29) is 12.5 Å². The van der Waals surface area contributed by atoms with Crippen molar-refractivity contribution < 1.29 is 9.53 Å². The summed E-state index contributed by atoms with van der Waals surface area (Å²) in [4.78, 5) is 17.0. The molecule has 2 aromatic carbocycles. The molecule has 148 valence electrons. The Hall–Kier alpha value is -2.90. The van der Waals surface area contributed by atoms with Gasteiger partial charge in [-0.1, -0.05) is 23.7 Å². The van der Waals surface area contributed by atoms with Crippen molar-refractivity contribution in [2.75, 3.05) is 18.5 Å². The van der Waals surface area contributed by atoms with E-state index in [1.54, 1.807) is 0 Å². The second kappa shape index (κ2) is 8.23. The lowest BCUT2D eigenvalue weighted by Gasteiger charge is -2.18. The number of benzene rings is 2. The molecule has 29 heavy (non-hydrogen) atoms. The summed E-state index contributed by atoms with van der Waals surface area (Å²) in [5.74, 6) is 0.497.